The van der Waals surface area contributed by atoms with Crippen molar-refractivity contribution < 1.29 is 0 Å². The maximum absolute atomic E-state index is 6.25. The molecule has 1 saturated carbocycles. The van der Waals surface area contributed by atoms with Crippen molar-refractivity contribution in [2.75, 3.05) is 0 Å². The molecule has 1 aliphatic rings. The number of halogens is 2. The van der Waals surface area contributed by atoms with Crippen molar-refractivity contribution in [1.29, 1.82) is 0 Å². The molecule has 0 bridgehead atoms. The summed E-state index contributed by atoms with van der Waals surface area (Å²) in [5.74, 6) is 0.694. The Hall–Kier alpha value is -0.0500. The summed E-state index contributed by atoms with van der Waals surface area (Å²) in [5, 5.41) is 0.822. The minimum absolute atomic E-state index is 0.265. The third-order valence-corrected chi connectivity index (χ3v) is 4.32. The van der Waals surface area contributed by atoms with E-state index in [1.807, 2.05) is 12.1 Å². The highest BCUT2D eigenvalue weighted by molar-refractivity contribution is 9.10. The van der Waals surface area contributed by atoms with E-state index in [0.717, 1.165) is 15.9 Å². The standard InChI is InChI=1S/C13H17BrClN/c14-11-6-5-10(12(15)8-11)7-13(16)9-3-1-2-4-9/h5-6,8-9,13H,1-4,7,16H2. The fourth-order valence-corrected chi connectivity index (χ4v) is 3.24. The highest BCUT2D eigenvalue weighted by Crippen LogP contribution is 2.30. The highest BCUT2D eigenvalue weighted by Gasteiger charge is 2.22. The van der Waals surface area contributed by atoms with Gasteiger partial charge in [0, 0.05) is 15.5 Å². The van der Waals surface area contributed by atoms with E-state index in [-0.39, 0.29) is 6.04 Å². The average Bonchev–Trinajstić information content (AvgIpc) is 2.75. The molecule has 0 heterocycles. The van der Waals surface area contributed by atoms with E-state index >= 15 is 0 Å². The van der Waals surface area contributed by atoms with E-state index in [2.05, 4.69) is 22.0 Å². The molecule has 0 aliphatic heterocycles. The van der Waals surface area contributed by atoms with Crippen LogP contribution in [0.4, 0.5) is 0 Å². The van der Waals surface area contributed by atoms with Gasteiger partial charge in [-0.3, -0.25) is 0 Å². The van der Waals surface area contributed by atoms with Gasteiger partial charge in [-0.1, -0.05) is 46.4 Å². The van der Waals surface area contributed by atoms with Crippen molar-refractivity contribution >= 4 is 27.5 Å². The van der Waals surface area contributed by atoms with Crippen LogP contribution in [0.15, 0.2) is 22.7 Å². The third-order valence-electron chi connectivity index (χ3n) is 3.48. The van der Waals surface area contributed by atoms with Crippen molar-refractivity contribution in [1.82, 2.24) is 0 Å². The summed E-state index contributed by atoms with van der Waals surface area (Å²) >= 11 is 9.61. The molecule has 2 N–H and O–H groups in total. The van der Waals surface area contributed by atoms with Gasteiger partial charge in [0.25, 0.3) is 0 Å². The second-order valence-electron chi connectivity index (χ2n) is 4.65. The lowest BCUT2D eigenvalue weighted by molar-refractivity contribution is 0.429. The van der Waals surface area contributed by atoms with Crippen LogP contribution in [0.2, 0.25) is 5.02 Å². The molecule has 1 aromatic rings. The Balaban J connectivity index is 2.02. The van der Waals surface area contributed by atoms with Crippen LogP contribution in [0.1, 0.15) is 31.2 Å². The largest absolute Gasteiger partial charge is 0.327 e. The lowest BCUT2D eigenvalue weighted by Crippen LogP contribution is -2.30. The van der Waals surface area contributed by atoms with Crippen LogP contribution in [-0.2, 0) is 6.42 Å². The van der Waals surface area contributed by atoms with Gasteiger partial charge in [-0.15, -0.1) is 0 Å². The predicted molar refractivity (Wildman–Crippen MR) is 72.8 cm³/mol. The summed E-state index contributed by atoms with van der Waals surface area (Å²) in [7, 11) is 0. The Morgan fingerprint density at radius 2 is 2.06 bits per heavy atom. The molecule has 16 heavy (non-hydrogen) atoms. The first-order valence-corrected chi connectivity index (χ1v) is 7.03. The number of hydrogen-bond donors (Lipinski definition) is 1. The Morgan fingerprint density at radius 1 is 1.38 bits per heavy atom. The van der Waals surface area contributed by atoms with Crippen LogP contribution >= 0.6 is 27.5 Å². The molecule has 0 radical (unpaired) electrons. The van der Waals surface area contributed by atoms with Crippen LogP contribution in [0.5, 0.6) is 0 Å². The summed E-state index contributed by atoms with van der Waals surface area (Å²) in [6.45, 7) is 0. The predicted octanol–water partition coefficient (Wildman–Crippen LogP) is 4.16. The molecule has 0 aromatic heterocycles. The smallest absolute Gasteiger partial charge is 0.0449 e. The van der Waals surface area contributed by atoms with Crippen molar-refractivity contribution in [2.45, 2.75) is 38.1 Å². The maximum Gasteiger partial charge on any atom is 0.0449 e. The van der Waals surface area contributed by atoms with E-state index in [9.17, 15) is 0 Å². The van der Waals surface area contributed by atoms with Gasteiger partial charge in [0.2, 0.25) is 0 Å². The molecule has 0 amide bonds. The summed E-state index contributed by atoms with van der Waals surface area (Å²) < 4.78 is 1.02. The van der Waals surface area contributed by atoms with Gasteiger partial charge in [0.1, 0.15) is 0 Å². The zero-order valence-electron chi connectivity index (χ0n) is 9.26. The van der Waals surface area contributed by atoms with Crippen LogP contribution < -0.4 is 5.73 Å². The number of nitrogens with two attached hydrogens (primary N) is 1. The quantitative estimate of drug-likeness (QED) is 0.891. The van der Waals surface area contributed by atoms with Gasteiger partial charge >= 0.3 is 0 Å². The van der Waals surface area contributed by atoms with Crippen molar-refractivity contribution in [3.05, 3.63) is 33.3 Å². The normalized spacial score (nSPS) is 18.9. The lowest BCUT2D eigenvalue weighted by Gasteiger charge is -2.19. The average molecular weight is 303 g/mol. The Morgan fingerprint density at radius 3 is 2.69 bits per heavy atom. The summed E-state index contributed by atoms with van der Waals surface area (Å²) in [5.41, 5.74) is 7.42. The first-order valence-electron chi connectivity index (χ1n) is 5.86. The van der Waals surface area contributed by atoms with Crippen LogP contribution in [0.25, 0.3) is 0 Å². The molecular weight excluding hydrogens is 286 g/mol. The van der Waals surface area contributed by atoms with E-state index in [1.54, 1.807) is 0 Å². The molecule has 1 nitrogen and oxygen atoms in total. The first-order chi connectivity index (χ1) is 7.66. The fraction of sp³-hybridized carbons (Fsp3) is 0.538. The molecule has 1 unspecified atom stereocenters. The molecule has 88 valence electrons. The minimum Gasteiger partial charge on any atom is -0.327 e. The molecule has 0 spiro atoms. The van der Waals surface area contributed by atoms with Gasteiger partial charge in [-0.2, -0.15) is 0 Å². The third kappa shape index (κ3) is 2.99. The van der Waals surface area contributed by atoms with Gasteiger partial charge in [0.05, 0.1) is 0 Å². The Bertz CT molecular complexity index is 361. The molecule has 2 rings (SSSR count). The summed E-state index contributed by atoms with van der Waals surface area (Å²) in [6.07, 6.45) is 6.15. The van der Waals surface area contributed by atoms with Gasteiger partial charge in [-0.05, 0) is 42.9 Å². The topological polar surface area (TPSA) is 26.0 Å². The van der Waals surface area contributed by atoms with E-state index in [0.29, 0.717) is 5.92 Å². The van der Waals surface area contributed by atoms with E-state index in [4.69, 9.17) is 17.3 Å². The fourth-order valence-electron chi connectivity index (χ4n) is 2.49. The minimum atomic E-state index is 0.265. The molecule has 1 aliphatic carbocycles. The maximum atomic E-state index is 6.25. The summed E-state index contributed by atoms with van der Waals surface area (Å²) in [4.78, 5) is 0. The van der Waals surface area contributed by atoms with Gasteiger partial charge < -0.3 is 5.73 Å². The first kappa shape index (κ1) is 12.4. The Kier molecular flexibility index (Phi) is 4.28. The molecular formula is C13H17BrClN. The molecule has 1 aromatic carbocycles. The van der Waals surface area contributed by atoms with Crippen molar-refractivity contribution in [3.63, 3.8) is 0 Å². The van der Waals surface area contributed by atoms with E-state index in [1.165, 1.54) is 31.2 Å². The zero-order valence-corrected chi connectivity index (χ0v) is 11.6. The zero-order chi connectivity index (χ0) is 11.5. The van der Waals surface area contributed by atoms with Crippen LogP contribution in [0, 0.1) is 5.92 Å². The van der Waals surface area contributed by atoms with E-state index < -0.39 is 0 Å². The lowest BCUT2D eigenvalue weighted by atomic mass is 9.93. The molecule has 1 fully saturated rings. The monoisotopic (exact) mass is 301 g/mol. The number of benzene rings is 1. The molecule has 1 atom stereocenters. The van der Waals surface area contributed by atoms with Crippen molar-refractivity contribution in [2.24, 2.45) is 11.7 Å². The number of hydrogen-bond acceptors (Lipinski definition) is 1. The second kappa shape index (κ2) is 5.52. The summed E-state index contributed by atoms with van der Waals surface area (Å²) in [6, 6.07) is 6.31. The van der Waals surface area contributed by atoms with Crippen LogP contribution in [0.3, 0.4) is 0 Å². The molecule has 3 heteroatoms. The second-order valence-corrected chi connectivity index (χ2v) is 5.97. The van der Waals surface area contributed by atoms with Gasteiger partial charge in [-0.25, -0.2) is 0 Å². The van der Waals surface area contributed by atoms with Crippen molar-refractivity contribution in [3.8, 4) is 0 Å². The SMILES string of the molecule is NC(Cc1ccc(Br)cc1Cl)C1CCCC1. The van der Waals surface area contributed by atoms with Crippen LogP contribution in [-0.4, -0.2) is 6.04 Å². The van der Waals surface area contributed by atoms with Gasteiger partial charge in [0.15, 0.2) is 0 Å². The highest BCUT2D eigenvalue weighted by atomic mass is 79.9. The molecule has 0 saturated heterocycles. The number of rotatable bonds is 3. The Labute approximate surface area is 110 Å².